The van der Waals surface area contributed by atoms with Crippen molar-refractivity contribution in [2.45, 2.75) is 19.3 Å². The van der Waals surface area contributed by atoms with Crippen molar-refractivity contribution in [3.8, 4) is 16.9 Å². The minimum atomic E-state index is 0.921. The molecule has 2 nitrogen and oxygen atoms in total. The van der Waals surface area contributed by atoms with Gasteiger partial charge in [0.1, 0.15) is 5.75 Å². The maximum absolute atomic E-state index is 5.40. The van der Waals surface area contributed by atoms with Crippen molar-refractivity contribution in [1.29, 1.82) is 0 Å². The number of rotatable bonds is 3. The molecule has 0 bridgehead atoms. The van der Waals surface area contributed by atoms with Crippen LogP contribution >= 0.6 is 0 Å². The molecule has 2 aromatic carbocycles. The Morgan fingerprint density at radius 1 is 0.900 bits per heavy atom. The first kappa shape index (κ1) is 13.0. The van der Waals surface area contributed by atoms with Crippen LogP contribution in [0.25, 0.3) is 11.1 Å². The van der Waals surface area contributed by atoms with Crippen LogP contribution in [0.15, 0.2) is 48.5 Å². The van der Waals surface area contributed by atoms with Gasteiger partial charge in [-0.3, -0.25) is 0 Å². The molecule has 1 aliphatic heterocycles. The van der Waals surface area contributed by atoms with E-state index in [0.29, 0.717) is 0 Å². The molecule has 1 fully saturated rings. The maximum atomic E-state index is 5.40. The Labute approximate surface area is 121 Å². The Balaban J connectivity index is 2.04. The molecule has 2 heteroatoms. The fraction of sp³-hybridized carbons (Fsp3) is 0.333. The normalized spacial score (nSPS) is 15.2. The molecule has 2 aromatic rings. The first-order valence-corrected chi connectivity index (χ1v) is 7.37. The fourth-order valence-electron chi connectivity index (χ4n) is 2.90. The van der Waals surface area contributed by atoms with Gasteiger partial charge in [-0.25, -0.2) is 0 Å². The van der Waals surface area contributed by atoms with Crippen LogP contribution in [0.3, 0.4) is 0 Å². The van der Waals surface area contributed by atoms with Crippen LogP contribution in [0.1, 0.15) is 19.3 Å². The predicted octanol–water partition coefficient (Wildman–Crippen LogP) is 4.35. The molecular weight excluding hydrogens is 246 g/mol. The van der Waals surface area contributed by atoms with Crippen LogP contribution in [-0.2, 0) is 0 Å². The molecule has 0 spiro atoms. The number of hydrogen-bond donors (Lipinski definition) is 0. The summed E-state index contributed by atoms with van der Waals surface area (Å²) in [6, 6.07) is 17.0. The molecule has 1 saturated heterocycles. The molecule has 20 heavy (non-hydrogen) atoms. The van der Waals surface area contributed by atoms with E-state index in [2.05, 4.69) is 53.4 Å². The topological polar surface area (TPSA) is 12.5 Å². The predicted molar refractivity (Wildman–Crippen MR) is 84.5 cm³/mol. The summed E-state index contributed by atoms with van der Waals surface area (Å²) in [5, 5.41) is 0. The van der Waals surface area contributed by atoms with Gasteiger partial charge in [0.2, 0.25) is 0 Å². The molecule has 0 radical (unpaired) electrons. The number of anilines is 1. The molecular formula is C18H21NO. The van der Waals surface area contributed by atoms with E-state index < -0.39 is 0 Å². The number of benzene rings is 2. The van der Waals surface area contributed by atoms with Crippen LogP contribution in [0.2, 0.25) is 0 Å². The molecule has 0 unspecified atom stereocenters. The van der Waals surface area contributed by atoms with E-state index in [-0.39, 0.29) is 0 Å². The van der Waals surface area contributed by atoms with Crippen molar-refractivity contribution in [2.75, 3.05) is 25.1 Å². The van der Waals surface area contributed by atoms with Gasteiger partial charge in [-0.05, 0) is 43.0 Å². The molecule has 0 aromatic heterocycles. The van der Waals surface area contributed by atoms with Crippen LogP contribution in [0.5, 0.6) is 5.75 Å². The lowest BCUT2D eigenvalue weighted by Gasteiger charge is -2.31. The minimum absolute atomic E-state index is 0.921. The second-order valence-electron chi connectivity index (χ2n) is 5.30. The third-order valence-corrected chi connectivity index (χ3v) is 3.99. The van der Waals surface area contributed by atoms with Gasteiger partial charge in [-0.1, -0.05) is 30.3 Å². The van der Waals surface area contributed by atoms with Gasteiger partial charge in [-0.15, -0.1) is 0 Å². The Bertz CT molecular complexity index is 559. The van der Waals surface area contributed by atoms with Gasteiger partial charge in [-0.2, -0.15) is 0 Å². The summed E-state index contributed by atoms with van der Waals surface area (Å²) in [7, 11) is 1.73. The smallest absolute Gasteiger partial charge is 0.119 e. The van der Waals surface area contributed by atoms with E-state index in [9.17, 15) is 0 Å². The van der Waals surface area contributed by atoms with Crippen molar-refractivity contribution in [3.05, 3.63) is 48.5 Å². The second kappa shape index (κ2) is 6.00. The van der Waals surface area contributed by atoms with Crippen molar-refractivity contribution in [3.63, 3.8) is 0 Å². The van der Waals surface area contributed by atoms with Crippen LogP contribution in [-0.4, -0.2) is 20.2 Å². The van der Waals surface area contributed by atoms with Gasteiger partial charge < -0.3 is 9.64 Å². The Morgan fingerprint density at radius 2 is 1.65 bits per heavy atom. The molecule has 104 valence electrons. The highest BCUT2D eigenvalue weighted by atomic mass is 16.5. The zero-order chi connectivity index (χ0) is 13.8. The van der Waals surface area contributed by atoms with Crippen molar-refractivity contribution >= 4 is 5.69 Å². The van der Waals surface area contributed by atoms with Crippen molar-refractivity contribution < 1.29 is 4.74 Å². The van der Waals surface area contributed by atoms with Gasteiger partial charge in [0.25, 0.3) is 0 Å². The standard InChI is InChI=1S/C18H21NO/c1-20-16-10-11-18(19-12-6-3-7-13-19)17(14-16)15-8-4-2-5-9-15/h2,4-5,8-11,14H,3,6-7,12-13H2,1H3. The summed E-state index contributed by atoms with van der Waals surface area (Å²) in [4.78, 5) is 2.51. The van der Waals surface area contributed by atoms with Crippen molar-refractivity contribution in [2.24, 2.45) is 0 Å². The summed E-state index contributed by atoms with van der Waals surface area (Å²) in [5.74, 6) is 0.921. The quantitative estimate of drug-likeness (QED) is 0.819. The van der Waals surface area contributed by atoms with Gasteiger partial charge in [0.05, 0.1) is 7.11 Å². The number of piperidine rings is 1. The molecule has 0 atom stereocenters. The lowest BCUT2D eigenvalue weighted by Crippen LogP contribution is -2.29. The third kappa shape index (κ3) is 2.64. The zero-order valence-electron chi connectivity index (χ0n) is 12.0. The zero-order valence-corrected chi connectivity index (χ0v) is 12.0. The number of ether oxygens (including phenoxy) is 1. The number of methoxy groups -OCH3 is 1. The molecule has 0 saturated carbocycles. The van der Waals surface area contributed by atoms with Crippen LogP contribution < -0.4 is 9.64 Å². The Morgan fingerprint density at radius 3 is 2.35 bits per heavy atom. The Kier molecular flexibility index (Phi) is 3.91. The number of nitrogens with zero attached hydrogens (tertiary/aromatic N) is 1. The summed E-state index contributed by atoms with van der Waals surface area (Å²) in [6.07, 6.45) is 3.94. The molecule has 0 amide bonds. The molecule has 0 aliphatic carbocycles. The molecule has 1 heterocycles. The molecule has 3 rings (SSSR count). The average Bonchev–Trinajstić information content (AvgIpc) is 2.56. The lowest BCUT2D eigenvalue weighted by atomic mass is 10.0. The van der Waals surface area contributed by atoms with E-state index in [0.717, 1.165) is 18.8 Å². The van der Waals surface area contributed by atoms with E-state index >= 15 is 0 Å². The average molecular weight is 267 g/mol. The summed E-state index contributed by atoms with van der Waals surface area (Å²) in [5.41, 5.74) is 3.86. The van der Waals surface area contributed by atoms with E-state index in [1.54, 1.807) is 7.11 Å². The first-order valence-electron chi connectivity index (χ1n) is 7.37. The highest BCUT2D eigenvalue weighted by Gasteiger charge is 2.16. The van der Waals surface area contributed by atoms with E-state index in [4.69, 9.17) is 4.74 Å². The minimum Gasteiger partial charge on any atom is -0.497 e. The largest absolute Gasteiger partial charge is 0.497 e. The van der Waals surface area contributed by atoms with Gasteiger partial charge >= 0.3 is 0 Å². The Hall–Kier alpha value is -1.96. The van der Waals surface area contributed by atoms with E-state index in [1.807, 2.05) is 0 Å². The monoisotopic (exact) mass is 267 g/mol. The van der Waals surface area contributed by atoms with Crippen LogP contribution in [0, 0.1) is 0 Å². The summed E-state index contributed by atoms with van der Waals surface area (Å²) >= 11 is 0. The highest BCUT2D eigenvalue weighted by molar-refractivity contribution is 5.80. The van der Waals surface area contributed by atoms with E-state index in [1.165, 1.54) is 36.1 Å². The molecule has 0 N–H and O–H groups in total. The molecule has 1 aliphatic rings. The first-order chi connectivity index (χ1) is 9.88. The SMILES string of the molecule is COc1ccc(N2CCCCC2)c(-c2ccccc2)c1. The third-order valence-electron chi connectivity index (χ3n) is 3.99. The lowest BCUT2D eigenvalue weighted by molar-refractivity contribution is 0.415. The summed E-state index contributed by atoms with van der Waals surface area (Å²) < 4.78 is 5.40. The van der Waals surface area contributed by atoms with Gasteiger partial charge in [0.15, 0.2) is 0 Å². The van der Waals surface area contributed by atoms with Crippen molar-refractivity contribution in [1.82, 2.24) is 0 Å². The fourth-order valence-corrected chi connectivity index (χ4v) is 2.90. The number of hydrogen-bond acceptors (Lipinski definition) is 2. The van der Waals surface area contributed by atoms with Gasteiger partial charge in [0, 0.05) is 24.3 Å². The summed E-state index contributed by atoms with van der Waals surface area (Å²) in [6.45, 7) is 2.32. The van der Waals surface area contributed by atoms with Crippen LogP contribution in [0.4, 0.5) is 5.69 Å². The second-order valence-corrected chi connectivity index (χ2v) is 5.30. The highest BCUT2D eigenvalue weighted by Crippen LogP contribution is 2.35. The maximum Gasteiger partial charge on any atom is 0.119 e.